The summed E-state index contributed by atoms with van der Waals surface area (Å²) in [6.07, 6.45) is 2.20. The van der Waals surface area contributed by atoms with Crippen LogP contribution in [0.25, 0.3) is 0 Å². The summed E-state index contributed by atoms with van der Waals surface area (Å²) < 4.78 is 0. The summed E-state index contributed by atoms with van der Waals surface area (Å²) in [5, 5.41) is 22.9. The van der Waals surface area contributed by atoms with Gasteiger partial charge in [-0.15, -0.1) is 0 Å². The van der Waals surface area contributed by atoms with E-state index in [2.05, 4.69) is 22.4 Å². The molecule has 2 aromatic rings. The van der Waals surface area contributed by atoms with Crippen molar-refractivity contribution >= 4 is 23.7 Å². The van der Waals surface area contributed by atoms with Crippen LogP contribution in [-0.2, 0) is 0 Å². The van der Waals surface area contributed by atoms with Crippen LogP contribution in [0, 0.1) is 11.8 Å². The molecule has 0 aliphatic heterocycles. The van der Waals surface area contributed by atoms with Gasteiger partial charge in [-0.3, -0.25) is 4.79 Å². The third-order valence-electron chi connectivity index (χ3n) is 3.52. The molecule has 0 saturated carbocycles. The highest BCUT2D eigenvalue weighted by Gasteiger charge is 2.07. The first kappa shape index (κ1) is 19.5. The molecule has 2 aromatic carbocycles. The van der Waals surface area contributed by atoms with E-state index in [4.69, 9.17) is 11.6 Å². The van der Waals surface area contributed by atoms with E-state index in [0.717, 1.165) is 11.1 Å². The number of carbonyl (C=O) groups excluding carboxylic acids is 1. The molecular formula is C20H19ClN2O3. The number of phenols is 1. The van der Waals surface area contributed by atoms with Crippen molar-refractivity contribution in [3.05, 3.63) is 64.2 Å². The lowest BCUT2D eigenvalue weighted by Gasteiger charge is -2.02. The molecule has 1 unspecified atom stereocenters. The summed E-state index contributed by atoms with van der Waals surface area (Å²) in [6.45, 7) is 1.91. The molecular weight excluding hydrogens is 352 g/mol. The number of amides is 1. The molecule has 0 saturated heterocycles. The highest BCUT2D eigenvalue weighted by Crippen LogP contribution is 2.23. The van der Waals surface area contributed by atoms with Crippen molar-refractivity contribution in [2.24, 2.45) is 5.10 Å². The standard InChI is InChI=1S/C20H19ClN2O3/c1-2-17(24)8-4-6-14-5-3-7-15(11-14)13-22-23-20(26)16-9-10-19(25)18(21)12-16/h3,5,7,9-13,17,24-25H,2,8H2,1H3,(H,23,26)/b22-13+. The van der Waals surface area contributed by atoms with Crippen molar-refractivity contribution in [2.45, 2.75) is 25.9 Å². The number of benzene rings is 2. The van der Waals surface area contributed by atoms with Gasteiger partial charge in [0.2, 0.25) is 0 Å². The number of hydrogen-bond donors (Lipinski definition) is 3. The molecule has 6 heteroatoms. The second kappa shape index (κ2) is 9.62. The molecule has 5 nitrogen and oxygen atoms in total. The molecule has 26 heavy (non-hydrogen) atoms. The van der Waals surface area contributed by atoms with Gasteiger partial charge in [0.15, 0.2) is 0 Å². The number of aromatic hydroxyl groups is 1. The third kappa shape index (κ3) is 5.92. The fourth-order valence-electron chi connectivity index (χ4n) is 1.99. The zero-order chi connectivity index (χ0) is 18.9. The average molecular weight is 371 g/mol. The Morgan fingerprint density at radius 3 is 2.88 bits per heavy atom. The Labute approximate surface area is 157 Å². The summed E-state index contributed by atoms with van der Waals surface area (Å²) in [5.74, 6) is 5.40. The maximum Gasteiger partial charge on any atom is 0.271 e. The van der Waals surface area contributed by atoms with Gasteiger partial charge in [0, 0.05) is 17.5 Å². The SMILES string of the molecule is CCC(O)CC#Cc1cccc(/C=N/NC(=O)c2ccc(O)c(Cl)c2)c1. The zero-order valence-corrected chi connectivity index (χ0v) is 15.0. The molecule has 0 aliphatic carbocycles. The van der Waals surface area contributed by atoms with Crippen LogP contribution in [0.3, 0.4) is 0 Å². The predicted octanol–water partition coefficient (Wildman–Crippen LogP) is 3.32. The number of hydrogen-bond acceptors (Lipinski definition) is 4. The normalized spacial score (nSPS) is 11.7. The molecule has 2 rings (SSSR count). The maximum atomic E-state index is 12.0. The van der Waals surface area contributed by atoms with Gasteiger partial charge in [0.1, 0.15) is 5.75 Å². The Kier molecular flexibility index (Phi) is 7.22. The third-order valence-corrected chi connectivity index (χ3v) is 3.82. The Bertz CT molecular complexity index is 869. The van der Waals surface area contributed by atoms with Crippen LogP contribution in [0.5, 0.6) is 5.75 Å². The van der Waals surface area contributed by atoms with E-state index in [9.17, 15) is 15.0 Å². The van der Waals surface area contributed by atoms with Crippen molar-refractivity contribution in [1.29, 1.82) is 0 Å². The smallest absolute Gasteiger partial charge is 0.271 e. The van der Waals surface area contributed by atoms with Gasteiger partial charge in [-0.2, -0.15) is 5.10 Å². The van der Waals surface area contributed by atoms with E-state index in [1.165, 1.54) is 24.4 Å². The molecule has 3 N–H and O–H groups in total. The van der Waals surface area contributed by atoms with Gasteiger partial charge in [-0.25, -0.2) is 5.43 Å². The number of carbonyl (C=O) groups is 1. The fraction of sp³-hybridized carbons (Fsp3) is 0.200. The largest absolute Gasteiger partial charge is 0.506 e. The number of nitrogens with one attached hydrogen (secondary N) is 1. The van der Waals surface area contributed by atoms with Crippen molar-refractivity contribution in [3.63, 3.8) is 0 Å². The Morgan fingerprint density at radius 1 is 1.35 bits per heavy atom. The Hall–Kier alpha value is -2.81. The van der Waals surface area contributed by atoms with Crippen molar-refractivity contribution in [1.82, 2.24) is 5.43 Å². The van der Waals surface area contributed by atoms with E-state index in [1.54, 1.807) is 0 Å². The number of hydrazone groups is 1. The van der Waals surface area contributed by atoms with Crippen LogP contribution in [0.15, 0.2) is 47.6 Å². The van der Waals surface area contributed by atoms with Gasteiger partial charge in [-0.05, 0) is 42.3 Å². The first-order chi connectivity index (χ1) is 12.5. The number of rotatable bonds is 5. The quantitative estimate of drug-likeness (QED) is 0.429. The summed E-state index contributed by atoms with van der Waals surface area (Å²) in [6, 6.07) is 11.5. The number of halogens is 1. The first-order valence-corrected chi connectivity index (χ1v) is 8.46. The van der Waals surface area contributed by atoms with Crippen LogP contribution in [0.1, 0.15) is 41.3 Å². The molecule has 134 valence electrons. The summed E-state index contributed by atoms with van der Waals surface area (Å²) in [4.78, 5) is 12.0. The van der Waals surface area contributed by atoms with Gasteiger partial charge in [-0.1, -0.05) is 42.5 Å². The molecule has 0 fully saturated rings. The van der Waals surface area contributed by atoms with Crippen LogP contribution in [0.2, 0.25) is 5.02 Å². The molecule has 0 aliphatic rings. The van der Waals surface area contributed by atoms with Gasteiger partial charge in [0.05, 0.1) is 17.3 Å². The molecule has 0 spiro atoms. The maximum absolute atomic E-state index is 12.0. The van der Waals surface area contributed by atoms with Crippen molar-refractivity contribution in [2.75, 3.05) is 0 Å². The fourth-order valence-corrected chi connectivity index (χ4v) is 2.17. The minimum atomic E-state index is -0.437. The van der Waals surface area contributed by atoms with Gasteiger partial charge >= 0.3 is 0 Å². The van der Waals surface area contributed by atoms with Crippen LogP contribution in [0.4, 0.5) is 0 Å². The lowest BCUT2D eigenvalue weighted by atomic mass is 10.1. The topological polar surface area (TPSA) is 81.9 Å². The summed E-state index contributed by atoms with van der Waals surface area (Å²) in [5.41, 5.74) is 4.27. The Balaban J connectivity index is 1.98. The average Bonchev–Trinajstić information content (AvgIpc) is 2.64. The molecule has 0 radical (unpaired) electrons. The lowest BCUT2D eigenvalue weighted by Crippen LogP contribution is -2.17. The molecule has 1 amide bonds. The van der Waals surface area contributed by atoms with Crippen LogP contribution >= 0.6 is 11.6 Å². The molecule has 0 aromatic heterocycles. The van der Waals surface area contributed by atoms with Crippen LogP contribution < -0.4 is 5.43 Å². The van der Waals surface area contributed by atoms with E-state index >= 15 is 0 Å². The Morgan fingerprint density at radius 2 is 2.15 bits per heavy atom. The van der Waals surface area contributed by atoms with Crippen LogP contribution in [-0.4, -0.2) is 28.4 Å². The molecule has 0 heterocycles. The number of nitrogens with zero attached hydrogens (tertiary/aromatic N) is 1. The number of aliphatic hydroxyl groups is 1. The van der Waals surface area contributed by atoms with Crippen molar-refractivity contribution in [3.8, 4) is 17.6 Å². The lowest BCUT2D eigenvalue weighted by molar-refractivity contribution is 0.0955. The highest BCUT2D eigenvalue weighted by molar-refractivity contribution is 6.32. The second-order valence-electron chi connectivity index (χ2n) is 5.56. The number of aliphatic hydroxyl groups excluding tert-OH is 1. The first-order valence-electron chi connectivity index (χ1n) is 8.08. The molecule has 1 atom stereocenters. The van der Waals surface area contributed by atoms with E-state index in [1.807, 2.05) is 31.2 Å². The van der Waals surface area contributed by atoms with Crippen molar-refractivity contribution < 1.29 is 15.0 Å². The second-order valence-corrected chi connectivity index (χ2v) is 5.97. The highest BCUT2D eigenvalue weighted by atomic mass is 35.5. The van der Waals surface area contributed by atoms with E-state index < -0.39 is 12.0 Å². The minimum Gasteiger partial charge on any atom is -0.506 e. The summed E-state index contributed by atoms with van der Waals surface area (Å²) in [7, 11) is 0. The number of phenolic OH excluding ortho intramolecular Hbond substituents is 1. The minimum absolute atomic E-state index is 0.0869. The summed E-state index contributed by atoms with van der Waals surface area (Å²) >= 11 is 5.78. The van der Waals surface area contributed by atoms with Gasteiger partial charge in [0.25, 0.3) is 5.91 Å². The monoisotopic (exact) mass is 370 g/mol. The zero-order valence-electron chi connectivity index (χ0n) is 14.2. The van der Waals surface area contributed by atoms with E-state index in [0.29, 0.717) is 18.4 Å². The van der Waals surface area contributed by atoms with E-state index in [-0.39, 0.29) is 10.8 Å². The van der Waals surface area contributed by atoms with Gasteiger partial charge < -0.3 is 10.2 Å². The molecule has 0 bridgehead atoms. The predicted molar refractivity (Wildman–Crippen MR) is 102 cm³/mol.